The smallest absolute Gasteiger partial charge is 0.333 e. The van der Waals surface area contributed by atoms with Crippen molar-refractivity contribution >= 4 is 29.3 Å². The van der Waals surface area contributed by atoms with Crippen molar-refractivity contribution in [1.29, 1.82) is 0 Å². The van der Waals surface area contributed by atoms with E-state index in [9.17, 15) is 19.1 Å². The Morgan fingerprint density at radius 3 is 2.73 bits per heavy atom. The number of anilines is 1. The lowest BCUT2D eigenvalue weighted by molar-refractivity contribution is -0.157. The van der Waals surface area contributed by atoms with Gasteiger partial charge in [0.05, 0.1) is 24.8 Å². The summed E-state index contributed by atoms with van der Waals surface area (Å²) in [6.45, 7) is 7.17. The number of aliphatic hydroxyl groups excluding tert-OH is 1. The van der Waals surface area contributed by atoms with E-state index in [0.717, 1.165) is 0 Å². The Morgan fingerprint density at radius 1 is 1.30 bits per heavy atom. The van der Waals surface area contributed by atoms with Crippen molar-refractivity contribution in [1.82, 2.24) is 14.5 Å². The lowest BCUT2D eigenvalue weighted by Gasteiger charge is -2.43. The number of aliphatic hydroxyl groups is 1. The van der Waals surface area contributed by atoms with Crippen molar-refractivity contribution in [3.63, 3.8) is 0 Å². The lowest BCUT2D eigenvalue weighted by Crippen LogP contribution is -2.61. The maximum atomic E-state index is 14.1. The Morgan fingerprint density at radius 2 is 2.05 bits per heavy atom. The SMILES string of the molecule is CCOC(=O)C1(C)Cn2cc(-c3cc(NC(C)C)ncc3Cl)cc2C(=O)N1Cc1cc(F)ccc1CO. The Hall–Kier alpha value is -3.43. The van der Waals surface area contributed by atoms with E-state index in [2.05, 4.69) is 10.3 Å². The van der Waals surface area contributed by atoms with E-state index >= 15 is 0 Å². The number of amides is 1. The summed E-state index contributed by atoms with van der Waals surface area (Å²) in [4.78, 5) is 32.7. The molecule has 1 amide bonds. The highest BCUT2D eigenvalue weighted by atomic mass is 35.5. The minimum Gasteiger partial charge on any atom is -0.464 e. The third kappa shape index (κ3) is 5.19. The van der Waals surface area contributed by atoms with E-state index in [1.54, 1.807) is 36.9 Å². The van der Waals surface area contributed by atoms with Gasteiger partial charge in [0.2, 0.25) is 0 Å². The van der Waals surface area contributed by atoms with Gasteiger partial charge in [0, 0.05) is 36.1 Å². The molecule has 1 aliphatic heterocycles. The summed E-state index contributed by atoms with van der Waals surface area (Å²) in [5, 5.41) is 13.4. The molecule has 196 valence electrons. The summed E-state index contributed by atoms with van der Waals surface area (Å²) in [6, 6.07) is 7.68. The van der Waals surface area contributed by atoms with E-state index in [1.165, 1.54) is 23.1 Å². The quantitative estimate of drug-likeness (QED) is 0.414. The zero-order valence-corrected chi connectivity index (χ0v) is 22.0. The predicted octanol–water partition coefficient (Wildman–Crippen LogP) is 4.63. The maximum absolute atomic E-state index is 14.1. The van der Waals surface area contributed by atoms with Crippen LogP contribution in [0, 0.1) is 5.82 Å². The summed E-state index contributed by atoms with van der Waals surface area (Å²) in [5.41, 5.74) is 1.24. The molecule has 0 aliphatic carbocycles. The Kier molecular flexibility index (Phi) is 7.57. The molecular weight excluding hydrogens is 499 g/mol. The average molecular weight is 529 g/mol. The van der Waals surface area contributed by atoms with Crippen molar-refractivity contribution in [2.45, 2.75) is 59.0 Å². The zero-order chi connectivity index (χ0) is 26.9. The van der Waals surface area contributed by atoms with Gasteiger partial charge in [0.1, 0.15) is 17.3 Å². The first-order valence-electron chi connectivity index (χ1n) is 12.1. The number of esters is 1. The molecule has 1 unspecified atom stereocenters. The molecule has 3 aromatic rings. The number of ether oxygens (including phenoxy) is 1. The molecule has 0 saturated carbocycles. The number of nitrogens with one attached hydrogen (secondary N) is 1. The standard InChI is InChI=1S/C27H30ClFN4O4/c1-5-37-26(36)27(4)15-32-12-19(21-10-24(31-16(2)3)30-11-22(21)28)9-23(32)25(35)33(27)13-18-8-20(29)7-6-17(18)14-34/h6-12,16,34H,5,13-15H2,1-4H3,(H,30,31). The van der Waals surface area contributed by atoms with Crippen LogP contribution in [0.4, 0.5) is 10.2 Å². The Balaban J connectivity index is 1.79. The minimum atomic E-state index is -1.37. The monoisotopic (exact) mass is 528 g/mol. The van der Waals surface area contributed by atoms with E-state index in [1.807, 2.05) is 19.9 Å². The van der Waals surface area contributed by atoms with Crippen molar-refractivity contribution in [2.24, 2.45) is 0 Å². The van der Waals surface area contributed by atoms with Crippen molar-refractivity contribution in [2.75, 3.05) is 11.9 Å². The number of rotatable bonds is 8. The van der Waals surface area contributed by atoms with Gasteiger partial charge in [-0.3, -0.25) is 4.79 Å². The first-order chi connectivity index (χ1) is 17.6. The molecule has 0 spiro atoms. The van der Waals surface area contributed by atoms with Gasteiger partial charge in [0.15, 0.2) is 5.54 Å². The summed E-state index contributed by atoms with van der Waals surface area (Å²) in [7, 11) is 0. The van der Waals surface area contributed by atoms with E-state index in [0.29, 0.717) is 38.8 Å². The normalized spacial score (nSPS) is 17.2. The molecule has 2 N–H and O–H groups in total. The molecule has 1 aromatic carbocycles. The molecule has 37 heavy (non-hydrogen) atoms. The fraction of sp³-hybridized carbons (Fsp3) is 0.370. The fourth-order valence-electron chi connectivity index (χ4n) is 4.56. The number of carbonyl (C=O) groups excluding carboxylic acids is 2. The number of hydrogen-bond donors (Lipinski definition) is 2. The Labute approximate surface area is 220 Å². The molecule has 0 radical (unpaired) electrons. The lowest BCUT2D eigenvalue weighted by atomic mass is 9.94. The van der Waals surface area contributed by atoms with Crippen LogP contribution in [0.5, 0.6) is 0 Å². The van der Waals surface area contributed by atoms with Crippen molar-refractivity contribution < 1.29 is 23.8 Å². The van der Waals surface area contributed by atoms with Gasteiger partial charge in [-0.2, -0.15) is 0 Å². The predicted molar refractivity (Wildman–Crippen MR) is 139 cm³/mol. The van der Waals surface area contributed by atoms with Crippen LogP contribution in [-0.2, 0) is 29.2 Å². The van der Waals surface area contributed by atoms with Crippen LogP contribution < -0.4 is 5.32 Å². The first kappa shape index (κ1) is 26.6. The molecule has 0 fully saturated rings. The number of pyridine rings is 1. The molecular formula is C27H30ClFN4O4. The van der Waals surface area contributed by atoms with Gasteiger partial charge in [-0.25, -0.2) is 14.2 Å². The van der Waals surface area contributed by atoms with Crippen LogP contribution in [0.15, 0.2) is 42.7 Å². The molecule has 0 saturated heterocycles. The van der Waals surface area contributed by atoms with E-state index in [4.69, 9.17) is 16.3 Å². The van der Waals surface area contributed by atoms with Gasteiger partial charge in [-0.1, -0.05) is 17.7 Å². The minimum absolute atomic E-state index is 0.0826. The number of fused-ring (bicyclic) bond motifs is 1. The van der Waals surface area contributed by atoms with Gasteiger partial charge >= 0.3 is 5.97 Å². The van der Waals surface area contributed by atoms with Gasteiger partial charge in [0.25, 0.3) is 5.91 Å². The van der Waals surface area contributed by atoms with Gasteiger partial charge in [-0.05, 0) is 63.1 Å². The van der Waals surface area contributed by atoms with Crippen molar-refractivity contribution in [3.05, 3.63) is 70.4 Å². The van der Waals surface area contributed by atoms with Crippen LogP contribution >= 0.6 is 11.6 Å². The highest BCUT2D eigenvalue weighted by molar-refractivity contribution is 6.33. The zero-order valence-electron chi connectivity index (χ0n) is 21.2. The summed E-state index contributed by atoms with van der Waals surface area (Å²) < 4.78 is 21.2. The number of benzene rings is 1. The number of hydrogen-bond acceptors (Lipinski definition) is 6. The van der Waals surface area contributed by atoms with Gasteiger partial charge < -0.3 is 24.6 Å². The second-order valence-electron chi connectivity index (χ2n) is 9.55. The molecule has 2 aromatic heterocycles. The summed E-state index contributed by atoms with van der Waals surface area (Å²) in [5.74, 6) is -0.854. The molecule has 3 heterocycles. The van der Waals surface area contributed by atoms with E-state index in [-0.39, 0.29) is 32.3 Å². The molecule has 1 aliphatic rings. The maximum Gasteiger partial charge on any atom is 0.333 e. The second-order valence-corrected chi connectivity index (χ2v) is 9.95. The van der Waals surface area contributed by atoms with Crippen LogP contribution in [0.25, 0.3) is 11.1 Å². The number of halogens is 2. The third-order valence-electron chi connectivity index (χ3n) is 6.42. The Bertz CT molecular complexity index is 1340. The van der Waals surface area contributed by atoms with E-state index < -0.39 is 23.2 Å². The van der Waals surface area contributed by atoms with Crippen LogP contribution in [-0.4, -0.2) is 49.6 Å². The molecule has 1 atom stereocenters. The molecule has 8 nitrogen and oxygen atoms in total. The molecule has 4 rings (SSSR count). The fourth-order valence-corrected chi connectivity index (χ4v) is 4.77. The van der Waals surface area contributed by atoms with Crippen LogP contribution in [0.1, 0.15) is 49.3 Å². The largest absolute Gasteiger partial charge is 0.464 e. The summed E-state index contributed by atoms with van der Waals surface area (Å²) >= 11 is 6.47. The van der Waals surface area contributed by atoms with Crippen molar-refractivity contribution in [3.8, 4) is 11.1 Å². The number of aromatic nitrogens is 2. The highest BCUT2D eigenvalue weighted by Crippen LogP contribution is 2.36. The highest BCUT2D eigenvalue weighted by Gasteiger charge is 2.48. The summed E-state index contributed by atoms with van der Waals surface area (Å²) in [6.07, 6.45) is 3.33. The second kappa shape index (κ2) is 10.5. The van der Waals surface area contributed by atoms with Crippen LogP contribution in [0.2, 0.25) is 5.02 Å². The third-order valence-corrected chi connectivity index (χ3v) is 6.72. The topological polar surface area (TPSA) is 96.7 Å². The number of carbonyl (C=O) groups is 2. The molecule has 0 bridgehead atoms. The molecule has 10 heteroatoms. The van der Waals surface area contributed by atoms with Crippen LogP contribution in [0.3, 0.4) is 0 Å². The first-order valence-corrected chi connectivity index (χ1v) is 12.4. The average Bonchev–Trinajstić information content (AvgIpc) is 3.26. The van der Waals surface area contributed by atoms with Gasteiger partial charge in [-0.15, -0.1) is 0 Å². The number of nitrogens with zero attached hydrogens (tertiary/aromatic N) is 3.